The van der Waals surface area contributed by atoms with Crippen LogP contribution in [0.1, 0.15) is 5.56 Å². The van der Waals surface area contributed by atoms with Crippen LogP contribution in [0.3, 0.4) is 0 Å². The highest BCUT2D eigenvalue weighted by Gasteiger charge is 2.31. The van der Waals surface area contributed by atoms with E-state index in [1.807, 2.05) is 0 Å². The first-order chi connectivity index (χ1) is 11.2. The number of likely N-dealkylation sites (N-methyl/N-ethyl adjacent to an activating group) is 1. The molecule has 8 heteroatoms. The molecule has 0 atom stereocenters. The van der Waals surface area contributed by atoms with E-state index in [9.17, 15) is 18.0 Å². The van der Waals surface area contributed by atoms with Crippen LogP contribution < -0.4 is 4.74 Å². The lowest BCUT2D eigenvalue weighted by molar-refractivity contribution is -0.274. The molecule has 134 valence electrons. The first-order valence-electron chi connectivity index (χ1n) is 7.72. The molecule has 1 aromatic carbocycles. The normalized spacial score (nSPS) is 16.9. The Morgan fingerprint density at radius 1 is 1.17 bits per heavy atom. The quantitative estimate of drug-likeness (QED) is 0.815. The van der Waals surface area contributed by atoms with Crippen LogP contribution >= 0.6 is 0 Å². The summed E-state index contributed by atoms with van der Waals surface area (Å²) >= 11 is 0. The number of hydrogen-bond donors (Lipinski definition) is 0. The third-order valence-electron chi connectivity index (χ3n) is 3.86. The summed E-state index contributed by atoms with van der Waals surface area (Å²) in [5.74, 6) is -0.129. The van der Waals surface area contributed by atoms with Crippen molar-refractivity contribution in [3.8, 4) is 5.75 Å². The second-order valence-electron chi connectivity index (χ2n) is 6.04. The smallest absolute Gasteiger partial charge is 0.406 e. The number of nitrogens with zero attached hydrogens (tertiary/aromatic N) is 3. The number of carbonyl (C=O) groups is 1. The van der Waals surface area contributed by atoms with Gasteiger partial charge in [-0.15, -0.1) is 13.2 Å². The van der Waals surface area contributed by atoms with E-state index in [1.165, 1.54) is 12.1 Å². The topological polar surface area (TPSA) is 36.0 Å². The fourth-order valence-electron chi connectivity index (χ4n) is 2.54. The van der Waals surface area contributed by atoms with Crippen LogP contribution in [0.25, 0.3) is 0 Å². The minimum Gasteiger partial charge on any atom is -0.406 e. The zero-order valence-corrected chi connectivity index (χ0v) is 13.8. The molecule has 0 saturated carbocycles. The molecule has 5 nitrogen and oxygen atoms in total. The zero-order chi connectivity index (χ0) is 17.7. The van der Waals surface area contributed by atoms with Gasteiger partial charge in [0.25, 0.3) is 0 Å². The molecule has 1 aliphatic heterocycles. The largest absolute Gasteiger partial charge is 0.573 e. The van der Waals surface area contributed by atoms with Gasteiger partial charge in [-0.25, -0.2) is 0 Å². The van der Waals surface area contributed by atoms with E-state index in [-0.39, 0.29) is 11.7 Å². The number of piperazine rings is 1. The molecule has 24 heavy (non-hydrogen) atoms. The van der Waals surface area contributed by atoms with Crippen molar-refractivity contribution in [2.75, 3.05) is 46.8 Å². The standard InChI is InChI=1S/C16H22F3N3O2/c1-20(2)15(23)12-22-8-6-21(7-9-22)11-13-4-3-5-14(10-13)24-16(17,18)19/h3-5,10H,6-9,11-12H2,1-2H3. The molecule has 0 aliphatic carbocycles. The number of benzene rings is 1. The molecule has 0 radical (unpaired) electrons. The molecule has 1 fully saturated rings. The number of alkyl halides is 3. The highest BCUT2D eigenvalue weighted by molar-refractivity contribution is 5.77. The van der Waals surface area contributed by atoms with Gasteiger partial charge in [-0.2, -0.15) is 0 Å². The van der Waals surface area contributed by atoms with Crippen molar-refractivity contribution in [2.24, 2.45) is 0 Å². The predicted octanol–water partition coefficient (Wildman–Crippen LogP) is 1.79. The molecule has 1 heterocycles. The first-order valence-corrected chi connectivity index (χ1v) is 7.72. The summed E-state index contributed by atoms with van der Waals surface area (Å²) in [6, 6.07) is 6.05. The molecule has 1 aliphatic rings. The highest BCUT2D eigenvalue weighted by Crippen LogP contribution is 2.24. The van der Waals surface area contributed by atoms with Crippen LogP contribution in [0.5, 0.6) is 5.75 Å². The van der Waals surface area contributed by atoms with Gasteiger partial charge in [0.1, 0.15) is 5.75 Å². The lowest BCUT2D eigenvalue weighted by Gasteiger charge is -2.34. The zero-order valence-electron chi connectivity index (χ0n) is 13.8. The van der Waals surface area contributed by atoms with Crippen molar-refractivity contribution in [3.63, 3.8) is 0 Å². The molecule has 0 unspecified atom stereocenters. The average Bonchev–Trinajstić information content (AvgIpc) is 2.47. The fraction of sp³-hybridized carbons (Fsp3) is 0.562. The molecular formula is C16H22F3N3O2. The Balaban J connectivity index is 1.83. The number of amides is 1. The van der Waals surface area contributed by atoms with Crippen LogP contribution in [0.2, 0.25) is 0 Å². The van der Waals surface area contributed by atoms with Crippen molar-refractivity contribution < 1.29 is 22.7 Å². The van der Waals surface area contributed by atoms with Gasteiger partial charge < -0.3 is 9.64 Å². The molecule has 1 saturated heterocycles. The molecule has 1 amide bonds. The van der Waals surface area contributed by atoms with Crippen molar-refractivity contribution in [3.05, 3.63) is 29.8 Å². The summed E-state index contributed by atoms with van der Waals surface area (Å²) in [6.07, 6.45) is -4.68. The third kappa shape index (κ3) is 6.01. The first kappa shape index (κ1) is 18.5. The Kier molecular flexibility index (Phi) is 6.06. The molecule has 2 rings (SSSR count). The average molecular weight is 345 g/mol. The minimum absolute atomic E-state index is 0.0699. The summed E-state index contributed by atoms with van der Waals surface area (Å²) in [5, 5.41) is 0. The van der Waals surface area contributed by atoms with Gasteiger partial charge >= 0.3 is 6.36 Å². The molecule has 0 aromatic heterocycles. The lowest BCUT2D eigenvalue weighted by atomic mass is 10.2. The highest BCUT2D eigenvalue weighted by atomic mass is 19.4. The Morgan fingerprint density at radius 3 is 2.38 bits per heavy atom. The van der Waals surface area contributed by atoms with Crippen molar-refractivity contribution in [1.29, 1.82) is 0 Å². The third-order valence-corrected chi connectivity index (χ3v) is 3.86. The van der Waals surface area contributed by atoms with Crippen LogP contribution in [0, 0.1) is 0 Å². The fourth-order valence-corrected chi connectivity index (χ4v) is 2.54. The Bertz CT molecular complexity index is 556. The monoisotopic (exact) mass is 345 g/mol. The van der Waals surface area contributed by atoms with E-state index >= 15 is 0 Å². The molecule has 0 N–H and O–H groups in total. The number of carbonyl (C=O) groups excluding carboxylic acids is 1. The van der Waals surface area contributed by atoms with Gasteiger partial charge in [-0.05, 0) is 17.7 Å². The second kappa shape index (κ2) is 7.85. The van der Waals surface area contributed by atoms with Crippen LogP contribution in [-0.2, 0) is 11.3 Å². The van der Waals surface area contributed by atoms with Gasteiger partial charge in [-0.3, -0.25) is 14.6 Å². The number of rotatable bonds is 5. The van der Waals surface area contributed by atoms with E-state index < -0.39 is 6.36 Å². The maximum Gasteiger partial charge on any atom is 0.573 e. The maximum absolute atomic E-state index is 12.3. The molecule has 1 aromatic rings. The number of hydrogen-bond acceptors (Lipinski definition) is 4. The van der Waals surface area contributed by atoms with Gasteiger partial charge in [0.2, 0.25) is 5.91 Å². The molecular weight excluding hydrogens is 323 g/mol. The van der Waals surface area contributed by atoms with E-state index in [0.29, 0.717) is 13.1 Å². The second-order valence-corrected chi connectivity index (χ2v) is 6.04. The predicted molar refractivity (Wildman–Crippen MR) is 83.5 cm³/mol. The van der Waals surface area contributed by atoms with Crippen LogP contribution in [0.15, 0.2) is 24.3 Å². The minimum atomic E-state index is -4.68. The van der Waals surface area contributed by atoms with Gasteiger partial charge in [0.05, 0.1) is 6.54 Å². The van der Waals surface area contributed by atoms with E-state index in [1.54, 1.807) is 31.1 Å². The van der Waals surface area contributed by atoms with Gasteiger partial charge in [-0.1, -0.05) is 12.1 Å². The van der Waals surface area contributed by atoms with E-state index in [0.717, 1.165) is 31.7 Å². The summed E-state index contributed by atoms with van der Waals surface area (Å²) < 4.78 is 40.7. The number of ether oxygens (including phenoxy) is 1. The van der Waals surface area contributed by atoms with Crippen molar-refractivity contribution in [2.45, 2.75) is 12.9 Å². The van der Waals surface area contributed by atoms with Crippen molar-refractivity contribution in [1.82, 2.24) is 14.7 Å². The van der Waals surface area contributed by atoms with Crippen LogP contribution in [0.4, 0.5) is 13.2 Å². The Morgan fingerprint density at radius 2 is 1.79 bits per heavy atom. The van der Waals surface area contributed by atoms with Gasteiger partial charge in [0.15, 0.2) is 0 Å². The Labute approximate surface area is 139 Å². The van der Waals surface area contributed by atoms with Crippen molar-refractivity contribution >= 4 is 5.91 Å². The Hall–Kier alpha value is -1.80. The van der Waals surface area contributed by atoms with Gasteiger partial charge in [0, 0.05) is 46.8 Å². The summed E-state index contributed by atoms with van der Waals surface area (Å²) in [7, 11) is 3.46. The summed E-state index contributed by atoms with van der Waals surface area (Å²) in [5.41, 5.74) is 0.773. The lowest BCUT2D eigenvalue weighted by Crippen LogP contribution is -2.48. The SMILES string of the molecule is CN(C)C(=O)CN1CCN(Cc2cccc(OC(F)(F)F)c2)CC1. The number of halogens is 3. The van der Waals surface area contributed by atoms with E-state index in [2.05, 4.69) is 14.5 Å². The molecule has 0 bridgehead atoms. The molecule has 0 spiro atoms. The summed E-state index contributed by atoms with van der Waals surface area (Å²) in [6.45, 7) is 4.02. The van der Waals surface area contributed by atoms with Crippen LogP contribution in [-0.4, -0.2) is 73.8 Å². The van der Waals surface area contributed by atoms with E-state index in [4.69, 9.17) is 0 Å². The summed E-state index contributed by atoms with van der Waals surface area (Å²) in [4.78, 5) is 17.5. The maximum atomic E-state index is 12.3.